The molecule has 0 radical (unpaired) electrons. The van der Waals surface area contributed by atoms with Crippen molar-refractivity contribution in [1.82, 2.24) is 0 Å². The van der Waals surface area contributed by atoms with Crippen molar-refractivity contribution < 1.29 is 14.6 Å². The maximum absolute atomic E-state index is 11.0. The lowest BCUT2D eigenvalue weighted by atomic mass is 9.93. The second-order valence-electron chi connectivity index (χ2n) is 12.6. The van der Waals surface area contributed by atoms with Gasteiger partial charge in [-0.1, -0.05) is 164 Å². The topological polar surface area (TPSA) is 46.5 Å². The Labute approximate surface area is 309 Å². The van der Waals surface area contributed by atoms with Crippen molar-refractivity contribution in [2.45, 2.75) is 11.8 Å². The molecule has 52 heavy (non-hydrogen) atoms. The molecule has 0 spiro atoms. The number of hydrogen-bond donors (Lipinski definition) is 1. The average molecular weight is 695 g/mol. The molecule has 0 atom stereocenters. The Kier molecular flexibility index (Phi) is 10.8. The Morgan fingerprint density at radius 2 is 0.923 bits per heavy atom. The zero-order chi connectivity index (χ0) is 35.7. The smallest absolute Gasteiger partial charge is 0.341 e. The predicted octanol–water partition coefficient (Wildman–Crippen LogP) is 12.4. The first-order valence-corrected chi connectivity index (χ1v) is 18.3. The van der Waals surface area contributed by atoms with Gasteiger partial charge < -0.3 is 9.84 Å². The quantitative estimate of drug-likeness (QED) is 0.129. The van der Waals surface area contributed by atoms with Crippen molar-refractivity contribution in [3.8, 4) is 50.3 Å². The highest BCUT2D eigenvalue weighted by atomic mass is 32.2. The molecule has 1 N–H and O–H groups in total. The Morgan fingerprint density at radius 1 is 0.538 bits per heavy atom. The van der Waals surface area contributed by atoms with Crippen molar-refractivity contribution in [3.63, 3.8) is 0 Å². The van der Waals surface area contributed by atoms with E-state index in [9.17, 15) is 4.79 Å². The molecule has 0 aliphatic rings. The normalized spacial score (nSPS) is 10.8. The highest BCUT2D eigenvalue weighted by Crippen LogP contribution is 2.33. The lowest BCUT2D eigenvalue weighted by molar-refractivity contribution is -0.139. The van der Waals surface area contributed by atoms with E-state index in [0.29, 0.717) is 5.75 Å². The minimum absolute atomic E-state index is 0.352. The monoisotopic (exact) mass is 694 g/mol. The number of ether oxygens (including phenoxy) is 1. The summed E-state index contributed by atoms with van der Waals surface area (Å²) < 4.78 is 5.43. The minimum atomic E-state index is -0.987. The van der Waals surface area contributed by atoms with Gasteiger partial charge in [0, 0.05) is 10.6 Å². The van der Waals surface area contributed by atoms with Gasteiger partial charge in [0.15, 0.2) is 6.61 Å². The zero-order valence-corrected chi connectivity index (χ0v) is 29.7. The second-order valence-corrected chi connectivity index (χ2v) is 13.7. The van der Waals surface area contributed by atoms with Crippen molar-refractivity contribution in [3.05, 3.63) is 199 Å². The Hall–Kier alpha value is -6.10. The summed E-state index contributed by atoms with van der Waals surface area (Å²) in [4.78, 5) is 12.1. The first kappa shape index (κ1) is 34.4. The number of carboxylic acids is 1. The van der Waals surface area contributed by atoms with Gasteiger partial charge in [0.05, 0.1) is 0 Å². The molecule has 0 bridgehead atoms. The van der Waals surface area contributed by atoms with Crippen LogP contribution in [0.15, 0.2) is 187 Å². The third-order valence-electron chi connectivity index (χ3n) is 9.08. The Bertz CT molecular complexity index is 2150. The molecule has 7 aromatic carbocycles. The molecule has 0 unspecified atom stereocenters. The van der Waals surface area contributed by atoms with Crippen molar-refractivity contribution in [1.29, 1.82) is 0 Å². The van der Waals surface area contributed by atoms with Gasteiger partial charge in [-0.2, -0.15) is 0 Å². The molecule has 0 amide bonds. The fourth-order valence-corrected chi connectivity index (χ4v) is 7.16. The third kappa shape index (κ3) is 8.43. The van der Waals surface area contributed by atoms with Gasteiger partial charge in [-0.3, -0.25) is 0 Å². The van der Waals surface area contributed by atoms with Crippen LogP contribution in [-0.2, 0) is 4.79 Å². The van der Waals surface area contributed by atoms with Gasteiger partial charge in [0.2, 0.25) is 0 Å². The molecule has 0 heterocycles. The maximum atomic E-state index is 11.0. The number of carbonyl (C=O) groups is 1. The van der Waals surface area contributed by atoms with E-state index in [2.05, 4.69) is 152 Å². The van der Waals surface area contributed by atoms with E-state index in [4.69, 9.17) is 9.84 Å². The van der Waals surface area contributed by atoms with E-state index in [1.54, 1.807) is 11.8 Å². The first-order chi connectivity index (χ1) is 25.5. The van der Waals surface area contributed by atoms with Gasteiger partial charge in [0.25, 0.3) is 0 Å². The number of carboxylic acid groups (broad SMARTS) is 1. The fourth-order valence-electron chi connectivity index (χ4n) is 6.29. The molecule has 0 aromatic heterocycles. The largest absolute Gasteiger partial charge is 0.482 e. The van der Waals surface area contributed by atoms with Crippen LogP contribution in [0, 0.1) is 6.92 Å². The van der Waals surface area contributed by atoms with Crippen LogP contribution in [0.2, 0.25) is 0 Å². The molecule has 7 aromatic rings. The van der Waals surface area contributed by atoms with Crippen LogP contribution in [0.3, 0.4) is 0 Å². The Balaban J connectivity index is 1.13. The highest BCUT2D eigenvalue weighted by molar-refractivity contribution is 7.99. The number of hydrogen-bond acceptors (Lipinski definition) is 3. The number of thioether (sulfide) groups is 1. The van der Waals surface area contributed by atoms with Crippen molar-refractivity contribution >= 4 is 23.3 Å². The molecule has 0 fully saturated rings. The van der Waals surface area contributed by atoms with E-state index < -0.39 is 5.97 Å². The standard InChI is InChI=1S/C48H38O3S/c1-34-32-45(28-29-47(34)51-33-48(49)50)52-31-30-46(43-24-20-41(21-25-43)39-16-12-37(13-17-39)35-8-4-2-5-9-35)44-26-22-42(23-27-44)40-18-14-38(15-19-40)36-10-6-3-7-11-36/h2-30,32H,31,33H2,1H3,(H,49,50). The lowest BCUT2D eigenvalue weighted by Gasteiger charge is -2.13. The molecule has 0 saturated carbocycles. The van der Waals surface area contributed by atoms with E-state index in [1.165, 1.54) is 50.1 Å². The minimum Gasteiger partial charge on any atom is -0.482 e. The number of rotatable bonds is 12. The molecule has 0 saturated heterocycles. The summed E-state index contributed by atoms with van der Waals surface area (Å²) in [5.41, 5.74) is 13.9. The van der Waals surface area contributed by atoms with Gasteiger partial charge >= 0.3 is 5.97 Å². The van der Waals surface area contributed by atoms with Crippen LogP contribution in [0.25, 0.3) is 50.1 Å². The van der Waals surface area contributed by atoms with Crippen molar-refractivity contribution in [2.24, 2.45) is 0 Å². The van der Waals surface area contributed by atoms with Crippen LogP contribution in [0.4, 0.5) is 0 Å². The van der Waals surface area contributed by atoms with Crippen LogP contribution >= 0.6 is 11.8 Å². The molecule has 0 aliphatic heterocycles. The van der Waals surface area contributed by atoms with E-state index in [1.807, 2.05) is 37.3 Å². The van der Waals surface area contributed by atoms with Gasteiger partial charge in [-0.25, -0.2) is 4.79 Å². The summed E-state index contributed by atoms with van der Waals surface area (Å²) in [7, 11) is 0. The van der Waals surface area contributed by atoms with Gasteiger partial charge in [0.1, 0.15) is 5.75 Å². The van der Waals surface area contributed by atoms with Gasteiger partial charge in [-0.05, 0) is 91.9 Å². The summed E-state index contributed by atoms with van der Waals surface area (Å²) in [5.74, 6) is 0.362. The molecule has 254 valence electrons. The predicted molar refractivity (Wildman–Crippen MR) is 217 cm³/mol. The van der Waals surface area contributed by atoms with Gasteiger partial charge in [-0.15, -0.1) is 11.8 Å². The lowest BCUT2D eigenvalue weighted by Crippen LogP contribution is -2.09. The zero-order valence-electron chi connectivity index (χ0n) is 28.9. The molecule has 0 aliphatic carbocycles. The van der Waals surface area contributed by atoms with E-state index >= 15 is 0 Å². The van der Waals surface area contributed by atoms with E-state index in [0.717, 1.165) is 27.3 Å². The maximum Gasteiger partial charge on any atom is 0.341 e. The average Bonchev–Trinajstić information content (AvgIpc) is 3.20. The number of aliphatic carboxylic acids is 1. The molecular weight excluding hydrogens is 657 g/mol. The SMILES string of the molecule is Cc1cc(SCC=C(c2ccc(-c3ccc(-c4ccccc4)cc3)cc2)c2ccc(-c3ccc(-c4ccccc4)cc3)cc2)ccc1OCC(=O)O. The summed E-state index contributed by atoms with van der Waals surface area (Å²) >= 11 is 1.74. The molecular formula is C48H38O3S. The fraction of sp³-hybridized carbons (Fsp3) is 0.0625. The molecule has 4 heteroatoms. The van der Waals surface area contributed by atoms with Crippen LogP contribution in [0.5, 0.6) is 5.75 Å². The number of benzene rings is 7. The van der Waals surface area contributed by atoms with Crippen LogP contribution in [0.1, 0.15) is 16.7 Å². The summed E-state index contributed by atoms with van der Waals surface area (Å²) in [6, 6.07) is 62.0. The highest BCUT2D eigenvalue weighted by Gasteiger charge is 2.10. The molecule has 3 nitrogen and oxygen atoms in total. The van der Waals surface area contributed by atoms with Crippen LogP contribution < -0.4 is 4.74 Å². The Morgan fingerprint density at radius 3 is 1.31 bits per heavy atom. The summed E-state index contributed by atoms with van der Waals surface area (Å²) in [5, 5.41) is 8.99. The summed E-state index contributed by atoms with van der Waals surface area (Å²) in [6.07, 6.45) is 2.29. The molecule has 7 rings (SSSR count). The second kappa shape index (κ2) is 16.3. The van der Waals surface area contributed by atoms with E-state index in [-0.39, 0.29) is 6.61 Å². The third-order valence-corrected chi connectivity index (χ3v) is 10.00. The van der Waals surface area contributed by atoms with Crippen LogP contribution in [-0.4, -0.2) is 23.4 Å². The summed E-state index contributed by atoms with van der Waals surface area (Å²) in [6.45, 7) is 1.59. The number of aryl methyl sites for hydroxylation is 1. The first-order valence-electron chi connectivity index (χ1n) is 17.3. The van der Waals surface area contributed by atoms with Crippen molar-refractivity contribution in [2.75, 3.05) is 12.4 Å².